The van der Waals surface area contributed by atoms with E-state index in [0.29, 0.717) is 0 Å². The van der Waals surface area contributed by atoms with Crippen LogP contribution in [0.4, 0.5) is 0 Å². The number of carboxylic acids is 1. The van der Waals surface area contributed by atoms with Crippen LogP contribution in [0.2, 0.25) is 0 Å². The fourth-order valence-corrected chi connectivity index (χ4v) is 2.34. The Hall–Kier alpha value is 0.0800. The molecule has 0 aromatic carbocycles. The van der Waals surface area contributed by atoms with Crippen LogP contribution in [0.3, 0.4) is 0 Å². The zero-order valence-electron chi connectivity index (χ0n) is 16.5. The molecule has 0 aliphatic rings. The molecule has 0 aromatic heterocycles. The predicted octanol–water partition coefficient (Wildman–Crippen LogP) is 1.13. The van der Waals surface area contributed by atoms with Gasteiger partial charge in [0.05, 0.1) is 0 Å². The van der Waals surface area contributed by atoms with Gasteiger partial charge in [0.25, 0.3) is 0 Å². The summed E-state index contributed by atoms with van der Waals surface area (Å²) in [5, 5.41) is 10.2. The number of rotatable bonds is 15. The summed E-state index contributed by atoms with van der Waals surface area (Å²) in [6, 6.07) is 0. The smallest absolute Gasteiger partial charge is 0.550 e. The minimum Gasteiger partial charge on any atom is -0.550 e. The first-order chi connectivity index (χ1) is 11.8. The summed E-state index contributed by atoms with van der Waals surface area (Å²) in [5.74, 6) is -0.914. The molecule has 6 nitrogen and oxygen atoms in total. The van der Waals surface area contributed by atoms with Gasteiger partial charge in [0.15, 0.2) is 0 Å². The van der Waals surface area contributed by atoms with E-state index in [0.717, 1.165) is 19.3 Å². The normalized spacial score (nSPS) is 10.9. The first kappa shape index (κ1) is 30.8. The van der Waals surface area contributed by atoms with Gasteiger partial charge in [-0.1, -0.05) is 70.4 Å². The van der Waals surface area contributed by atoms with Crippen molar-refractivity contribution >= 4 is 16.4 Å². The monoisotopic (exact) mass is 402 g/mol. The van der Waals surface area contributed by atoms with Gasteiger partial charge in [-0.25, -0.2) is 0 Å². The summed E-state index contributed by atoms with van der Waals surface area (Å²) in [5.41, 5.74) is 0. The molecule has 0 unspecified atom stereocenters. The first-order valence-corrected chi connectivity index (χ1v) is 10.7. The van der Waals surface area contributed by atoms with Crippen LogP contribution >= 0.6 is 0 Å². The SMILES string of the molecule is CCCCCCCC/C=C\CCCCCCCC(=O)[O-].O=S(=O)(O)O.[Na+]. The summed E-state index contributed by atoms with van der Waals surface area (Å²) >= 11 is 0. The summed E-state index contributed by atoms with van der Waals surface area (Å²) in [7, 11) is -4.67. The fourth-order valence-electron chi connectivity index (χ4n) is 2.34. The third-order valence-electron chi connectivity index (χ3n) is 3.64. The molecule has 8 heteroatoms. The molecule has 2 N–H and O–H groups in total. The molecular weight excluding hydrogens is 367 g/mol. The second-order valence-electron chi connectivity index (χ2n) is 6.15. The van der Waals surface area contributed by atoms with E-state index in [4.69, 9.17) is 17.5 Å². The van der Waals surface area contributed by atoms with Crippen molar-refractivity contribution < 1.29 is 57.0 Å². The van der Waals surface area contributed by atoms with Gasteiger partial charge < -0.3 is 9.90 Å². The van der Waals surface area contributed by atoms with E-state index in [1.165, 1.54) is 64.2 Å². The Morgan fingerprint density at radius 3 is 1.54 bits per heavy atom. The van der Waals surface area contributed by atoms with Crippen LogP contribution in [-0.4, -0.2) is 23.5 Å². The number of hydrogen-bond donors (Lipinski definition) is 2. The average molecular weight is 403 g/mol. The summed E-state index contributed by atoms with van der Waals surface area (Å²) in [6.07, 6.45) is 20.9. The van der Waals surface area contributed by atoms with E-state index in [1.807, 2.05) is 0 Å². The number of carbonyl (C=O) groups is 1. The molecule has 0 saturated carbocycles. The molecule has 0 rings (SSSR count). The van der Waals surface area contributed by atoms with Gasteiger partial charge in [-0.2, -0.15) is 8.42 Å². The predicted molar refractivity (Wildman–Crippen MR) is 98.6 cm³/mol. The minimum absolute atomic E-state index is 0. The molecule has 0 spiro atoms. The molecule has 0 atom stereocenters. The Morgan fingerprint density at radius 1 is 0.808 bits per heavy atom. The second-order valence-corrected chi connectivity index (χ2v) is 7.05. The van der Waals surface area contributed by atoms with E-state index in [1.54, 1.807) is 0 Å². The molecule has 0 saturated heterocycles. The minimum atomic E-state index is -4.67. The number of allylic oxidation sites excluding steroid dienone is 2. The zero-order valence-corrected chi connectivity index (χ0v) is 19.3. The van der Waals surface area contributed by atoms with Gasteiger partial charge in [-0.3, -0.25) is 9.11 Å². The molecule has 0 aliphatic carbocycles. The van der Waals surface area contributed by atoms with Crippen molar-refractivity contribution in [3.05, 3.63) is 12.2 Å². The third kappa shape index (κ3) is 44.0. The molecule has 0 radical (unpaired) electrons. The van der Waals surface area contributed by atoms with Gasteiger partial charge in [0.1, 0.15) is 0 Å². The van der Waals surface area contributed by atoms with Gasteiger partial charge in [-0.05, 0) is 38.5 Å². The third-order valence-corrected chi connectivity index (χ3v) is 3.64. The Bertz CT molecular complexity index is 415. The van der Waals surface area contributed by atoms with Crippen molar-refractivity contribution in [3.8, 4) is 0 Å². The van der Waals surface area contributed by atoms with Crippen LogP contribution in [-0.2, 0) is 15.2 Å². The second kappa shape index (κ2) is 23.1. The maximum absolute atomic E-state index is 10.2. The fraction of sp³-hybridized carbons (Fsp3) is 0.833. The number of carboxylic acid groups (broad SMARTS) is 1. The van der Waals surface area contributed by atoms with E-state index < -0.39 is 16.4 Å². The quantitative estimate of drug-likeness (QED) is 0.184. The molecule has 0 fully saturated rings. The van der Waals surface area contributed by atoms with Crippen LogP contribution < -0.4 is 34.7 Å². The Morgan fingerprint density at radius 2 is 1.15 bits per heavy atom. The van der Waals surface area contributed by atoms with Crippen molar-refractivity contribution in [1.29, 1.82) is 0 Å². The molecular formula is C18H35NaO6S. The first-order valence-electron chi connectivity index (χ1n) is 9.32. The number of carbonyl (C=O) groups excluding carboxylic acids is 1. The molecule has 0 bridgehead atoms. The largest absolute Gasteiger partial charge is 1.00 e. The van der Waals surface area contributed by atoms with Crippen molar-refractivity contribution in [3.63, 3.8) is 0 Å². The Balaban J connectivity index is -0.000000772. The molecule has 150 valence electrons. The molecule has 0 aliphatic heterocycles. The van der Waals surface area contributed by atoms with Crippen molar-refractivity contribution in [2.24, 2.45) is 0 Å². The van der Waals surface area contributed by atoms with Crippen molar-refractivity contribution in [1.82, 2.24) is 0 Å². The van der Waals surface area contributed by atoms with Crippen LogP contribution in [0.1, 0.15) is 96.8 Å². The summed E-state index contributed by atoms with van der Waals surface area (Å²) < 4.78 is 31.6. The average Bonchev–Trinajstić information content (AvgIpc) is 2.49. The van der Waals surface area contributed by atoms with E-state index >= 15 is 0 Å². The van der Waals surface area contributed by atoms with Crippen LogP contribution in [0.25, 0.3) is 0 Å². The maximum Gasteiger partial charge on any atom is 1.00 e. The Labute approximate surface area is 181 Å². The molecule has 26 heavy (non-hydrogen) atoms. The Kier molecular flexibility index (Phi) is 27.4. The van der Waals surface area contributed by atoms with Crippen molar-refractivity contribution in [2.45, 2.75) is 96.8 Å². The van der Waals surface area contributed by atoms with Crippen LogP contribution in [0, 0.1) is 0 Å². The van der Waals surface area contributed by atoms with Gasteiger partial charge in [-0.15, -0.1) is 0 Å². The van der Waals surface area contributed by atoms with Gasteiger partial charge in [0, 0.05) is 5.97 Å². The molecule has 0 aromatic rings. The topological polar surface area (TPSA) is 115 Å². The van der Waals surface area contributed by atoms with E-state index in [2.05, 4.69) is 19.1 Å². The van der Waals surface area contributed by atoms with E-state index in [-0.39, 0.29) is 36.0 Å². The van der Waals surface area contributed by atoms with Gasteiger partial charge in [0.2, 0.25) is 0 Å². The number of unbranched alkanes of at least 4 members (excludes halogenated alkanes) is 11. The summed E-state index contributed by atoms with van der Waals surface area (Å²) in [6.45, 7) is 2.26. The van der Waals surface area contributed by atoms with Crippen LogP contribution in [0.5, 0.6) is 0 Å². The van der Waals surface area contributed by atoms with Gasteiger partial charge >= 0.3 is 40.0 Å². The summed E-state index contributed by atoms with van der Waals surface area (Å²) in [4.78, 5) is 10.2. The van der Waals surface area contributed by atoms with Crippen molar-refractivity contribution in [2.75, 3.05) is 0 Å². The number of aliphatic carboxylic acids is 1. The van der Waals surface area contributed by atoms with Crippen LogP contribution in [0.15, 0.2) is 12.2 Å². The van der Waals surface area contributed by atoms with E-state index in [9.17, 15) is 9.90 Å². The molecule has 0 heterocycles. The maximum atomic E-state index is 10.2. The zero-order chi connectivity index (χ0) is 19.4. The number of hydrogen-bond acceptors (Lipinski definition) is 4. The standard InChI is InChI=1S/C18H34O2.Na.H2O4S/c1-2-3-4-5-6-7-8-9-10-11-12-13-14-15-16-17-18(19)20;;1-5(2,3)4/h9-10H,2-8,11-17H2,1H3,(H,19,20);;(H2,1,2,3,4)/q;+1;/p-1/b10-9-;;. The molecule has 0 amide bonds.